The van der Waals surface area contributed by atoms with Crippen LogP contribution in [0.25, 0.3) is 0 Å². The van der Waals surface area contributed by atoms with Crippen molar-refractivity contribution in [3.05, 3.63) is 91.0 Å². The Labute approximate surface area is 164 Å². The summed E-state index contributed by atoms with van der Waals surface area (Å²) in [6.45, 7) is 7.23. The van der Waals surface area contributed by atoms with E-state index in [2.05, 4.69) is 0 Å². The van der Waals surface area contributed by atoms with E-state index < -0.39 is 29.6 Å². The maximum atomic E-state index is 12.0. The minimum Gasteiger partial charge on any atom is -0.322 e. The highest BCUT2D eigenvalue weighted by molar-refractivity contribution is 5.28. The zero-order valence-corrected chi connectivity index (χ0v) is 16.5. The van der Waals surface area contributed by atoms with Gasteiger partial charge in [0.25, 0.3) is 12.1 Å². The molecule has 1 heterocycles. The first-order valence-corrected chi connectivity index (χ1v) is 9.38. The van der Waals surface area contributed by atoms with Gasteiger partial charge in [0.1, 0.15) is 5.41 Å². The Balaban J connectivity index is 2.14. The largest absolute Gasteiger partial charge is 0.322 e. The molecule has 1 saturated heterocycles. The molecule has 2 aromatic rings. The number of hydrogen-bond acceptors (Lipinski definition) is 4. The smallest absolute Gasteiger partial charge is 0.279 e. The first-order valence-electron chi connectivity index (χ1n) is 9.38. The van der Waals surface area contributed by atoms with Crippen LogP contribution in [0, 0.1) is 39.5 Å². The van der Waals surface area contributed by atoms with Gasteiger partial charge < -0.3 is 5.32 Å². The van der Waals surface area contributed by atoms with Crippen LogP contribution >= 0.6 is 0 Å². The van der Waals surface area contributed by atoms with E-state index in [0.29, 0.717) is 0 Å². The molecule has 0 aromatic heterocycles. The summed E-state index contributed by atoms with van der Waals surface area (Å²) in [4.78, 5) is 23.4. The summed E-state index contributed by atoms with van der Waals surface area (Å²) in [7, 11) is 0. The topological polar surface area (TPSA) is 103 Å². The minimum atomic E-state index is -1.13. The zero-order chi connectivity index (χ0) is 20.6. The van der Waals surface area contributed by atoms with Crippen LogP contribution < -0.4 is 5.32 Å². The highest BCUT2D eigenvalue weighted by Gasteiger charge is 2.65. The van der Waals surface area contributed by atoms with Gasteiger partial charge in [0.15, 0.2) is 12.1 Å². The molecule has 7 nitrogen and oxygen atoms in total. The quantitative estimate of drug-likeness (QED) is 0.646. The van der Waals surface area contributed by atoms with Crippen molar-refractivity contribution in [2.24, 2.45) is 5.41 Å². The molecule has 0 spiro atoms. The third-order valence-electron chi connectivity index (χ3n) is 6.00. The van der Waals surface area contributed by atoms with Crippen molar-refractivity contribution in [2.75, 3.05) is 0 Å². The fourth-order valence-electron chi connectivity index (χ4n) is 4.50. The van der Waals surface area contributed by atoms with Crippen molar-refractivity contribution in [1.82, 2.24) is 0 Å². The Hall–Kier alpha value is -2.80. The van der Waals surface area contributed by atoms with Gasteiger partial charge in [-0.25, -0.2) is 0 Å². The van der Waals surface area contributed by atoms with Crippen LogP contribution in [0.3, 0.4) is 0 Å². The van der Waals surface area contributed by atoms with E-state index in [1.165, 1.54) is 0 Å². The van der Waals surface area contributed by atoms with Crippen LogP contribution in [0.15, 0.2) is 48.5 Å². The number of benzene rings is 2. The Morgan fingerprint density at radius 2 is 1.07 bits per heavy atom. The average Bonchev–Trinajstić information content (AvgIpc) is 2.60. The predicted octanol–water partition coefficient (Wildman–Crippen LogP) is 2.98. The average molecular weight is 384 g/mol. The molecule has 0 bridgehead atoms. The zero-order valence-electron chi connectivity index (χ0n) is 16.5. The molecule has 0 saturated carbocycles. The summed E-state index contributed by atoms with van der Waals surface area (Å²) < 4.78 is 0. The van der Waals surface area contributed by atoms with Crippen molar-refractivity contribution in [2.45, 2.75) is 51.9 Å². The summed E-state index contributed by atoms with van der Waals surface area (Å²) in [6.07, 6.45) is 0. The maximum absolute atomic E-state index is 12.0. The molecule has 148 valence electrons. The van der Waals surface area contributed by atoms with Gasteiger partial charge in [-0.05, 0) is 27.7 Å². The molecule has 4 atom stereocenters. The normalized spacial score (nSPS) is 26.6. The second kappa shape index (κ2) is 7.31. The van der Waals surface area contributed by atoms with Crippen LogP contribution in [-0.2, 0) is 0 Å². The minimum absolute atomic E-state index is 0.344. The lowest BCUT2D eigenvalue weighted by atomic mass is 9.66. The van der Waals surface area contributed by atoms with Gasteiger partial charge in [-0.15, -0.1) is 0 Å². The van der Waals surface area contributed by atoms with Crippen LogP contribution in [0.2, 0.25) is 0 Å². The molecule has 1 aliphatic rings. The molecule has 0 unspecified atom stereocenters. The van der Waals surface area contributed by atoms with Gasteiger partial charge in [0, 0.05) is 21.0 Å². The molecular formula is C21H26N3O4+. The third-order valence-corrected chi connectivity index (χ3v) is 6.00. The first kappa shape index (κ1) is 19.9. The van der Waals surface area contributed by atoms with Crippen molar-refractivity contribution >= 4 is 0 Å². The fraction of sp³-hybridized carbons (Fsp3) is 0.429. The molecule has 0 radical (unpaired) electrons. The van der Waals surface area contributed by atoms with Crippen molar-refractivity contribution in [3.63, 3.8) is 0 Å². The predicted molar refractivity (Wildman–Crippen MR) is 105 cm³/mol. The van der Waals surface area contributed by atoms with E-state index >= 15 is 0 Å². The highest BCUT2D eigenvalue weighted by Crippen LogP contribution is 2.43. The summed E-state index contributed by atoms with van der Waals surface area (Å²) in [5.74, 6) is 0. The standard InChI is InChI=1S/C21H25N3O4/c1-13-5-9-15(10-6-13)17-19(23(25)26)21(3,4)20(24(27)28)18(22-17)16-11-7-14(2)8-12-16/h5-12,17-20,22H,1-4H3/p+1/t17-,18-,19-,20+/m0/s1. The summed E-state index contributed by atoms with van der Waals surface area (Å²) in [5, 5.41) is 25.9. The van der Waals surface area contributed by atoms with Crippen LogP contribution in [0.5, 0.6) is 0 Å². The number of piperidine rings is 1. The van der Waals surface area contributed by atoms with E-state index in [9.17, 15) is 20.2 Å². The molecule has 2 N–H and O–H groups in total. The molecule has 0 amide bonds. The lowest BCUT2D eigenvalue weighted by molar-refractivity contribution is -0.818. The van der Waals surface area contributed by atoms with Crippen molar-refractivity contribution in [1.29, 1.82) is 0 Å². The van der Waals surface area contributed by atoms with Crippen LogP contribution in [0.1, 0.15) is 48.2 Å². The summed E-state index contributed by atoms with van der Waals surface area (Å²) in [5.41, 5.74) is 2.63. The number of nitrogens with zero attached hydrogens (tertiary/aromatic N) is 2. The Morgan fingerprint density at radius 3 is 1.36 bits per heavy atom. The van der Waals surface area contributed by atoms with E-state index in [0.717, 1.165) is 22.3 Å². The number of nitro groups is 2. The molecular weight excluding hydrogens is 358 g/mol. The Bertz CT molecular complexity index is 806. The van der Waals surface area contributed by atoms with Crippen LogP contribution in [0.4, 0.5) is 0 Å². The van der Waals surface area contributed by atoms with E-state index in [-0.39, 0.29) is 9.85 Å². The molecule has 1 aliphatic heterocycles. The molecule has 2 aromatic carbocycles. The third kappa shape index (κ3) is 3.49. The van der Waals surface area contributed by atoms with Gasteiger partial charge in [0.2, 0.25) is 0 Å². The molecule has 1 fully saturated rings. The fourth-order valence-corrected chi connectivity index (χ4v) is 4.50. The SMILES string of the molecule is Cc1ccc([C@@H]2[NH2+][C@@H](c3ccc(C)cc3)[C@@H]([N+](=O)[O-])C(C)(C)[C@H]2[N+](=O)[O-])cc1. The van der Waals surface area contributed by atoms with Crippen molar-refractivity contribution in [3.8, 4) is 0 Å². The number of rotatable bonds is 4. The van der Waals surface area contributed by atoms with Gasteiger partial charge in [-0.3, -0.25) is 20.2 Å². The Morgan fingerprint density at radius 1 is 0.750 bits per heavy atom. The van der Waals surface area contributed by atoms with Gasteiger partial charge >= 0.3 is 0 Å². The second-order valence-electron chi connectivity index (χ2n) is 8.35. The van der Waals surface area contributed by atoms with Crippen LogP contribution in [-0.4, -0.2) is 21.9 Å². The lowest BCUT2D eigenvalue weighted by Crippen LogP contribution is -2.96. The van der Waals surface area contributed by atoms with E-state index in [4.69, 9.17) is 0 Å². The summed E-state index contributed by atoms with van der Waals surface area (Å²) in [6, 6.07) is 12.1. The lowest BCUT2D eigenvalue weighted by Gasteiger charge is -2.41. The summed E-state index contributed by atoms with van der Waals surface area (Å²) >= 11 is 0. The Kier molecular flexibility index (Phi) is 5.21. The van der Waals surface area contributed by atoms with E-state index in [1.54, 1.807) is 13.8 Å². The second-order valence-corrected chi connectivity index (χ2v) is 8.35. The molecule has 7 heteroatoms. The monoisotopic (exact) mass is 384 g/mol. The maximum Gasteiger partial charge on any atom is 0.279 e. The van der Waals surface area contributed by atoms with Crippen molar-refractivity contribution < 1.29 is 15.2 Å². The number of nitrogens with two attached hydrogens (primary N) is 1. The number of aryl methyl sites for hydroxylation is 2. The van der Waals surface area contributed by atoms with E-state index in [1.807, 2.05) is 67.7 Å². The molecule has 28 heavy (non-hydrogen) atoms. The van der Waals surface area contributed by atoms with Gasteiger partial charge in [-0.2, -0.15) is 0 Å². The highest BCUT2D eigenvalue weighted by atomic mass is 16.6. The number of hydrogen-bond donors (Lipinski definition) is 1. The first-order chi connectivity index (χ1) is 13.1. The van der Waals surface area contributed by atoms with Gasteiger partial charge in [-0.1, -0.05) is 59.7 Å². The number of quaternary nitrogens is 1. The van der Waals surface area contributed by atoms with Gasteiger partial charge in [0.05, 0.1) is 0 Å². The molecule has 3 rings (SSSR count). The molecule has 0 aliphatic carbocycles.